The molecule has 0 heterocycles. The van der Waals surface area contributed by atoms with E-state index >= 15 is 0 Å². The summed E-state index contributed by atoms with van der Waals surface area (Å²) in [7, 11) is 0. The second-order valence-corrected chi connectivity index (χ2v) is 1.80. The standard InChI is InChI=1S/C5H12N2O2.Na.H/c1-4(5(8)9)7-3-2-6;;/h4,7H,2-3,6H2,1H3,(H,8,9);;/q;+1;-1. The van der Waals surface area contributed by atoms with Crippen molar-refractivity contribution in [2.75, 3.05) is 13.1 Å². The number of rotatable bonds is 4. The Morgan fingerprint density at radius 1 is 1.90 bits per heavy atom. The van der Waals surface area contributed by atoms with Crippen molar-refractivity contribution in [3.05, 3.63) is 0 Å². The quantitative estimate of drug-likeness (QED) is 0.364. The van der Waals surface area contributed by atoms with E-state index in [4.69, 9.17) is 10.8 Å². The summed E-state index contributed by atoms with van der Waals surface area (Å²) < 4.78 is 0. The van der Waals surface area contributed by atoms with Gasteiger partial charge in [-0.3, -0.25) is 4.79 Å². The van der Waals surface area contributed by atoms with Crippen molar-refractivity contribution >= 4 is 5.97 Å². The minimum absolute atomic E-state index is 0. The van der Waals surface area contributed by atoms with Crippen molar-refractivity contribution < 1.29 is 40.9 Å². The predicted molar refractivity (Wildman–Crippen MR) is 35.3 cm³/mol. The van der Waals surface area contributed by atoms with E-state index in [0.29, 0.717) is 13.1 Å². The number of hydrogen-bond donors (Lipinski definition) is 3. The van der Waals surface area contributed by atoms with Crippen molar-refractivity contribution in [2.45, 2.75) is 13.0 Å². The van der Waals surface area contributed by atoms with Gasteiger partial charge in [-0.15, -0.1) is 0 Å². The fourth-order valence-corrected chi connectivity index (χ4v) is 0.387. The molecule has 1 unspecified atom stereocenters. The smallest absolute Gasteiger partial charge is 1.00 e. The number of carboxylic acid groups (broad SMARTS) is 1. The minimum atomic E-state index is -0.844. The molecule has 5 heteroatoms. The Bertz CT molecular complexity index is 104. The maximum absolute atomic E-state index is 10.1. The summed E-state index contributed by atoms with van der Waals surface area (Å²) in [6, 6.07) is -0.492. The molecule has 0 rings (SSSR count). The SMILES string of the molecule is CC(NCCN)C(=O)O.[H-].[Na+]. The van der Waals surface area contributed by atoms with Crippen LogP contribution in [0, 0.1) is 0 Å². The summed E-state index contributed by atoms with van der Waals surface area (Å²) in [5.74, 6) is -0.844. The van der Waals surface area contributed by atoms with E-state index in [9.17, 15) is 4.79 Å². The van der Waals surface area contributed by atoms with Crippen LogP contribution in [0.5, 0.6) is 0 Å². The van der Waals surface area contributed by atoms with Crippen LogP contribution >= 0.6 is 0 Å². The second-order valence-electron chi connectivity index (χ2n) is 1.80. The first-order chi connectivity index (χ1) is 4.18. The van der Waals surface area contributed by atoms with E-state index in [1.165, 1.54) is 0 Å². The van der Waals surface area contributed by atoms with Crippen LogP contribution in [0.1, 0.15) is 8.35 Å². The number of nitrogens with two attached hydrogens (primary N) is 1. The zero-order valence-corrected chi connectivity index (χ0v) is 8.42. The summed E-state index contributed by atoms with van der Waals surface area (Å²) in [5, 5.41) is 11.0. The molecular formula is C5H13N2NaO2. The van der Waals surface area contributed by atoms with E-state index in [1.54, 1.807) is 6.92 Å². The molecule has 0 aromatic heterocycles. The van der Waals surface area contributed by atoms with Crippen molar-refractivity contribution in [1.29, 1.82) is 0 Å². The third-order valence-corrected chi connectivity index (χ3v) is 0.965. The van der Waals surface area contributed by atoms with Gasteiger partial charge in [0.2, 0.25) is 0 Å². The van der Waals surface area contributed by atoms with Crippen molar-refractivity contribution in [1.82, 2.24) is 5.32 Å². The average molecular weight is 156 g/mol. The van der Waals surface area contributed by atoms with Crippen LogP contribution in [-0.4, -0.2) is 30.2 Å². The van der Waals surface area contributed by atoms with E-state index in [1.807, 2.05) is 0 Å². The number of nitrogens with one attached hydrogen (secondary N) is 1. The molecule has 1 atom stereocenters. The fraction of sp³-hybridized carbons (Fsp3) is 0.800. The van der Waals surface area contributed by atoms with Gasteiger partial charge >= 0.3 is 35.5 Å². The first kappa shape index (κ1) is 13.0. The van der Waals surface area contributed by atoms with E-state index in [-0.39, 0.29) is 31.0 Å². The molecular weight excluding hydrogens is 143 g/mol. The Morgan fingerprint density at radius 3 is 2.70 bits per heavy atom. The third kappa shape index (κ3) is 6.51. The molecule has 0 aliphatic rings. The molecule has 10 heavy (non-hydrogen) atoms. The maximum Gasteiger partial charge on any atom is 1.00 e. The van der Waals surface area contributed by atoms with Crippen molar-refractivity contribution in [2.24, 2.45) is 5.73 Å². The van der Waals surface area contributed by atoms with Gasteiger partial charge in [0.25, 0.3) is 0 Å². The molecule has 0 aliphatic carbocycles. The molecule has 4 nitrogen and oxygen atoms in total. The Kier molecular flexibility index (Phi) is 9.76. The molecule has 0 aromatic carbocycles. The molecule has 0 radical (unpaired) electrons. The second kappa shape index (κ2) is 7.50. The van der Waals surface area contributed by atoms with Crippen LogP contribution < -0.4 is 40.6 Å². The summed E-state index contributed by atoms with van der Waals surface area (Å²) in [4.78, 5) is 10.1. The zero-order valence-electron chi connectivity index (χ0n) is 7.42. The van der Waals surface area contributed by atoms with Gasteiger partial charge in [0.15, 0.2) is 0 Å². The monoisotopic (exact) mass is 156 g/mol. The molecule has 0 aliphatic heterocycles. The van der Waals surface area contributed by atoms with Crippen LogP contribution in [0.25, 0.3) is 0 Å². The zero-order chi connectivity index (χ0) is 7.28. The maximum atomic E-state index is 10.1. The molecule has 0 fully saturated rings. The van der Waals surface area contributed by atoms with Gasteiger partial charge in [-0.1, -0.05) is 0 Å². The number of hydrogen-bond acceptors (Lipinski definition) is 3. The summed E-state index contributed by atoms with van der Waals surface area (Å²) in [5.41, 5.74) is 5.12. The summed E-state index contributed by atoms with van der Waals surface area (Å²) in [6.45, 7) is 2.60. The number of carboxylic acids is 1. The molecule has 0 spiro atoms. The van der Waals surface area contributed by atoms with Crippen LogP contribution in [0.2, 0.25) is 0 Å². The molecule has 56 valence electrons. The molecule has 0 bridgehead atoms. The molecule has 0 aromatic rings. The molecule has 0 saturated heterocycles. The summed E-state index contributed by atoms with van der Waals surface area (Å²) >= 11 is 0. The van der Waals surface area contributed by atoms with Crippen molar-refractivity contribution in [3.63, 3.8) is 0 Å². The molecule has 0 amide bonds. The van der Waals surface area contributed by atoms with Gasteiger partial charge in [0, 0.05) is 13.1 Å². The number of carbonyl (C=O) groups is 1. The molecule has 0 saturated carbocycles. The Hall–Kier alpha value is 0.390. The first-order valence-corrected chi connectivity index (χ1v) is 2.84. The van der Waals surface area contributed by atoms with Gasteiger partial charge < -0.3 is 17.6 Å². The largest absolute Gasteiger partial charge is 1.00 e. The van der Waals surface area contributed by atoms with Crippen LogP contribution in [-0.2, 0) is 4.79 Å². The van der Waals surface area contributed by atoms with Crippen molar-refractivity contribution in [3.8, 4) is 0 Å². The Morgan fingerprint density at radius 2 is 2.40 bits per heavy atom. The Labute approximate surface area is 83.9 Å². The van der Waals surface area contributed by atoms with Gasteiger partial charge in [-0.2, -0.15) is 0 Å². The van der Waals surface area contributed by atoms with Gasteiger partial charge in [-0.05, 0) is 6.92 Å². The number of aliphatic carboxylic acids is 1. The van der Waals surface area contributed by atoms with Gasteiger partial charge in [0.05, 0.1) is 0 Å². The molecule has 4 N–H and O–H groups in total. The van der Waals surface area contributed by atoms with Crippen LogP contribution in [0.3, 0.4) is 0 Å². The fourth-order valence-electron chi connectivity index (χ4n) is 0.387. The summed E-state index contributed by atoms with van der Waals surface area (Å²) in [6.07, 6.45) is 0. The van der Waals surface area contributed by atoms with E-state index < -0.39 is 12.0 Å². The van der Waals surface area contributed by atoms with E-state index in [0.717, 1.165) is 0 Å². The topological polar surface area (TPSA) is 75.3 Å². The van der Waals surface area contributed by atoms with Crippen LogP contribution in [0.15, 0.2) is 0 Å². The average Bonchev–Trinajstić information content (AvgIpc) is 1.82. The minimum Gasteiger partial charge on any atom is -1.00 e. The predicted octanol–water partition coefficient (Wildman–Crippen LogP) is -3.88. The first-order valence-electron chi connectivity index (χ1n) is 2.84. The van der Waals surface area contributed by atoms with Gasteiger partial charge in [0.1, 0.15) is 6.04 Å². The van der Waals surface area contributed by atoms with E-state index in [2.05, 4.69) is 5.32 Å². The van der Waals surface area contributed by atoms with Crippen LogP contribution in [0.4, 0.5) is 0 Å². The Balaban J connectivity index is -0.000000320. The third-order valence-electron chi connectivity index (χ3n) is 0.965. The normalized spacial score (nSPS) is 11.8. The van der Waals surface area contributed by atoms with Gasteiger partial charge in [-0.25, -0.2) is 0 Å².